The Morgan fingerprint density at radius 3 is 2.44 bits per heavy atom. The third-order valence-corrected chi connectivity index (χ3v) is 3.34. The zero-order valence-corrected chi connectivity index (χ0v) is 10.3. The summed E-state index contributed by atoms with van der Waals surface area (Å²) in [5.74, 6) is -0.789. The first-order valence-electron chi connectivity index (χ1n) is 6.12. The van der Waals surface area contributed by atoms with Crippen LogP contribution in [-0.4, -0.2) is 17.0 Å². The zero-order valence-electron chi connectivity index (χ0n) is 10.3. The number of carboxylic acid groups (broad SMARTS) is 1. The second kappa shape index (κ2) is 4.80. The van der Waals surface area contributed by atoms with E-state index in [9.17, 15) is 14.7 Å². The Hall–Kier alpha value is -1.84. The highest BCUT2D eigenvalue weighted by molar-refractivity contribution is 5.88. The molecule has 0 radical (unpaired) electrons. The summed E-state index contributed by atoms with van der Waals surface area (Å²) in [6, 6.07) is 8.78. The predicted octanol–water partition coefficient (Wildman–Crippen LogP) is 1.90. The van der Waals surface area contributed by atoms with Crippen LogP contribution in [-0.2, 0) is 15.1 Å². The van der Waals surface area contributed by atoms with Crippen LogP contribution in [0.4, 0.5) is 0 Å². The average molecular weight is 247 g/mol. The molecule has 2 N–H and O–H groups in total. The summed E-state index contributed by atoms with van der Waals surface area (Å²) >= 11 is 0. The van der Waals surface area contributed by atoms with Gasteiger partial charge in [-0.05, 0) is 31.2 Å². The molecule has 0 aliphatic heterocycles. The number of carbonyl (C=O) groups is 2. The van der Waals surface area contributed by atoms with Crippen LogP contribution in [0.5, 0.6) is 0 Å². The summed E-state index contributed by atoms with van der Waals surface area (Å²) in [4.78, 5) is 23.3. The molecule has 1 aromatic carbocycles. The van der Waals surface area contributed by atoms with Gasteiger partial charge in [-0.15, -0.1) is 0 Å². The standard InChI is InChI=1S/C14H17NO3/c1-14(13(17)18,11-5-3-2-4-6-11)15-12(16)9-10-7-8-10/h2-6,10H,7-9H2,1H3,(H,15,16)(H,17,18). The largest absolute Gasteiger partial charge is 0.479 e. The van der Waals surface area contributed by atoms with E-state index in [2.05, 4.69) is 5.32 Å². The second-order valence-electron chi connectivity index (χ2n) is 4.99. The van der Waals surface area contributed by atoms with Gasteiger partial charge in [0.15, 0.2) is 5.54 Å². The molecule has 0 aromatic heterocycles. The van der Waals surface area contributed by atoms with Crippen LogP contribution < -0.4 is 5.32 Å². The van der Waals surface area contributed by atoms with Gasteiger partial charge in [-0.1, -0.05) is 30.3 Å². The van der Waals surface area contributed by atoms with Crippen molar-refractivity contribution in [3.8, 4) is 0 Å². The van der Waals surface area contributed by atoms with Crippen molar-refractivity contribution in [1.29, 1.82) is 0 Å². The van der Waals surface area contributed by atoms with Crippen LogP contribution in [0.1, 0.15) is 31.7 Å². The quantitative estimate of drug-likeness (QED) is 0.835. The number of amides is 1. The van der Waals surface area contributed by atoms with E-state index in [1.807, 2.05) is 6.07 Å². The summed E-state index contributed by atoms with van der Waals surface area (Å²) in [7, 11) is 0. The van der Waals surface area contributed by atoms with Gasteiger partial charge in [0.05, 0.1) is 0 Å². The van der Waals surface area contributed by atoms with Gasteiger partial charge in [0.2, 0.25) is 5.91 Å². The van der Waals surface area contributed by atoms with E-state index in [0.29, 0.717) is 17.9 Å². The minimum absolute atomic E-state index is 0.189. The van der Waals surface area contributed by atoms with Gasteiger partial charge in [0.25, 0.3) is 0 Å². The molecule has 0 saturated heterocycles. The molecule has 0 heterocycles. The second-order valence-corrected chi connectivity index (χ2v) is 4.99. The maximum atomic E-state index is 11.8. The fourth-order valence-corrected chi connectivity index (χ4v) is 1.93. The van der Waals surface area contributed by atoms with Crippen molar-refractivity contribution in [2.75, 3.05) is 0 Å². The van der Waals surface area contributed by atoms with Crippen molar-refractivity contribution in [2.24, 2.45) is 5.92 Å². The first-order chi connectivity index (χ1) is 8.52. The van der Waals surface area contributed by atoms with Crippen molar-refractivity contribution in [2.45, 2.75) is 31.7 Å². The lowest BCUT2D eigenvalue weighted by Crippen LogP contribution is -2.49. The maximum absolute atomic E-state index is 11.8. The number of benzene rings is 1. The van der Waals surface area contributed by atoms with Gasteiger partial charge in [0, 0.05) is 6.42 Å². The van der Waals surface area contributed by atoms with Crippen LogP contribution in [0.15, 0.2) is 30.3 Å². The van der Waals surface area contributed by atoms with Crippen molar-refractivity contribution in [3.63, 3.8) is 0 Å². The molecule has 1 amide bonds. The zero-order chi connectivity index (χ0) is 13.2. The number of rotatable bonds is 5. The molecular weight excluding hydrogens is 230 g/mol. The first kappa shape index (κ1) is 12.6. The molecule has 1 fully saturated rings. The molecular formula is C14H17NO3. The summed E-state index contributed by atoms with van der Waals surface area (Å²) in [5, 5.41) is 12.0. The number of nitrogens with one attached hydrogen (secondary N) is 1. The van der Waals surface area contributed by atoms with Gasteiger partial charge in [0.1, 0.15) is 0 Å². The Morgan fingerprint density at radius 2 is 1.94 bits per heavy atom. The molecule has 1 aromatic rings. The molecule has 18 heavy (non-hydrogen) atoms. The van der Waals surface area contributed by atoms with E-state index in [-0.39, 0.29) is 5.91 Å². The highest BCUT2D eigenvalue weighted by Gasteiger charge is 2.37. The monoisotopic (exact) mass is 247 g/mol. The fourth-order valence-electron chi connectivity index (χ4n) is 1.93. The van der Waals surface area contributed by atoms with Gasteiger partial charge >= 0.3 is 5.97 Å². The molecule has 4 heteroatoms. The third-order valence-electron chi connectivity index (χ3n) is 3.34. The van der Waals surface area contributed by atoms with E-state index < -0.39 is 11.5 Å². The van der Waals surface area contributed by atoms with E-state index >= 15 is 0 Å². The smallest absolute Gasteiger partial charge is 0.333 e. The van der Waals surface area contributed by atoms with Crippen molar-refractivity contribution >= 4 is 11.9 Å². The summed E-state index contributed by atoms with van der Waals surface area (Å²) in [6.07, 6.45) is 2.57. The predicted molar refractivity (Wildman–Crippen MR) is 66.9 cm³/mol. The molecule has 2 rings (SSSR count). The highest BCUT2D eigenvalue weighted by atomic mass is 16.4. The number of hydrogen-bond donors (Lipinski definition) is 2. The normalized spacial score (nSPS) is 17.8. The van der Waals surface area contributed by atoms with Gasteiger partial charge < -0.3 is 10.4 Å². The van der Waals surface area contributed by atoms with E-state index in [1.165, 1.54) is 6.92 Å². The minimum atomic E-state index is -1.35. The third kappa shape index (κ3) is 2.70. The Morgan fingerprint density at radius 1 is 1.33 bits per heavy atom. The average Bonchev–Trinajstić information content (AvgIpc) is 3.13. The minimum Gasteiger partial charge on any atom is -0.479 e. The van der Waals surface area contributed by atoms with Crippen molar-refractivity contribution in [1.82, 2.24) is 5.32 Å². The maximum Gasteiger partial charge on any atom is 0.333 e. The fraction of sp³-hybridized carbons (Fsp3) is 0.429. The lowest BCUT2D eigenvalue weighted by molar-refractivity contribution is -0.147. The van der Waals surface area contributed by atoms with E-state index in [0.717, 1.165) is 12.8 Å². The number of aliphatic carboxylic acids is 1. The van der Waals surface area contributed by atoms with Gasteiger partial charge in [-0.3, -0.25) is 4.79 Å². The Balaban J connectivity index is 2.15. The van der Waals surface area contributed by atoms with Gasteiger partial charge in [-0.2, -0.15) is 0 Å². The van der Waals surface area contributed by atoms with Crippen molar-refractivity contribution in [3.05, 3.63) is 35.9 Å². The molecule has 4 nitrogen and oxygen atoms in total. The lowest BCUT2D eigenvalue weighted by atomic mass is 9.92. The van der Waals surface area contributed by atoms with E-state index in [1.54, 1.807) is 24.3 Å². The SMILES string of the molecule is CC(NC(=O)CC1CC1)(C(=O)O)c1ccccc1. The van der Waals surface area contributed by atoms with Crippen LogP contribution in [0, 0.1) is 5.92 Å². The summed E-state index contributed by atoms with van der Waals surface area (Å²) in [5.41, 5.74) is -0.769. The number of carbonyl (C=O) groups excluding carboxylic acids is 1. The molecule has 96 valence electrons. The molecule has 1 aliphatic carbocycles. The number of carboxylic acids is 1. The Kier molecular flexibility index (Phi) is 3.36. The first-order valence-corrected chi connectivity index (χ1v) is 6.12. The number of hydrogen-bond acceptors (Lipinski definition) is 2. The van der Waals surface area contributed by atoms with Crippen LogP contribution in [0.3, 0.4) is 0 Å². The van der Waals surface area contributed by atoms with Gasteiger partial charge in [-0.25, -0.2) is 4.79 Å². The lowest BCUT2D eigenvalue weighted by Gasteiger charge is -2.26. The van der Waals surface area contributed by atoms with Crippen LogP contribution >= 0.6 is 0 Å². The molecule has 1 aliphatic rings. The topological polar surface area (TPSA) is 66.4 Å². The Bertz CT molecular complexity index is 453. The van der Waals surface area contributed by atoms with Crippen molar-refractivity contribution < 1.29 is 14.7 Å². The summed E-state index contributed by atoms with van der Waals surface area (Å²) in [6.45, 7) is 1.52. The van der Waals surface area contributed by atoms with Crippen LogP contribution in [0.25, 0.3) is 0 Å². The van der Waals surface area contributed by atoms with Crippen LogP contribution in [0.2, 0.25) is 0 Å². The molecule has 1 unspecified atom stereocenters. The molecule has 1 atom stereocenters. The van der Waals surface area contributed by atoms with E-state index in [4.69, 9.17) is 0 Å². The molecule has 1 saturated carbocycles. The Labute approximate surface area is 106 Å². The summed E-state index contributed by atoms with van der Waals surface area (Å²) < 4.78 is 0. The highest BCUT2D eigenvalue weighted by Crippen LogP contribution is 2.32. The molecule has 0 bridgehead atoms. The molecule has 0 spiro atoms.